The summed E-state index contributed by atoms with van der Waals surface area (Å²) < 4.78 is 16.1. The van der Waals surface area contributed by atoms with Crippen molar-refractivity contribution in [3.63, 3.8) is 0 Å². The van der Waals surface area contributed by atoms with E-state index in [1.54, 1.807) is 13.2 Å². The molecule has 1 amide bonds. The van der Waals surface area contributed by atoms with Crippen LogP contribution in [0.15, 0.2) is 60.7 Å². The monoisotopic (exact) mass is 393 g/mol. The molecule has 3 aromatic rings. The minimum atomic E-state index is -0.213. The Hall–Kier alpha value is -3.61. The fourth-order valence-corrected chi connectivity index (χ4v) is 2.49. The molecule has 1 heterocycles. The van der Waals surface area contributed by atoms with Gasteiger partial charge in [0.25, 0.3) is 5.91 Å². The number of hydrogen-bond acceptors (Lipinski definition) is 6. The number of aryl methyl sites for hydroxylation is 1. The van der Waals surface area contributed by atoms with E-state index in [0.717, 1.165) is 22.6 Å². The van der Waals surface area contributed by atoms with Gasteiger partial charge in [-0.05, 0) is 49.4 Å². The highest BCUT2D eigenvalue weighted by Gasteiger charge is 2.05. The summed E-state index contributed by atoms with van der Waals surface area (Å²) in [4.78, 5) is 11.8. The Morgan fingerprint density at radius 1 is 0.897 bits per heavy atom. The molecule has 150 valence electrons. The fraction of sp³-hybridized carbons (Fsp3) is 0.227. The van der Waals surface area contributed by atoms with Gasteiger partial charge in [-0.3, -0.25) is 4.79 Å². The van der Waals surface area contributed by atoms with Gasteiger partial charge in [-0.1, -0.05) is 17.7 Å². The van der Waals surface area contributed by atoms with E-state index in [4.69, 9.17) is 14.2 Å². The van der Waals surface area contributed by atoms with E-state index in [2.05, 4.69) is 15.5 Å². The largest absolute Gasteiger partial charge is 0.497 e. The Morgan fingerprint density at radius 2 is 1.62 bits per heavy atom. The maximum Gasteiger partial charge on any atom is 0.258 e. The standard InChI is InChI=1S/C22H23N3O4/c1-16-3-7-19(8-4-16)29-15-21(26)23-13-14-28-22-12-11-20(24-25-22)17-5-9-18(27-2)10-6-17/h3-12H,13-15H2,1-2H3,(H,23,26). The number of carbonyl (C=O) groups is 1. The number of rotatable bonds is 9. The first-order valence-electron chi connectivity index (χ1n) is 9.21. The number of amides is 1. The van der Waals surface area contributed by atoms with Crippen LogP contribution in [0.3, 0.4) is 0 Å². The van der Waals surface area contributed by atoms with Crippen molar-refractivity contribution >= 4 is 5.91 Å². The summed E-state index contributed by atoms with van der Waals surface area (Å²) in [5.41, 5.74) is 2.81. The highest BCUT2D eigenvalue weighted by Crippen LogP contribution is 2.21. The molecule has 0 spiro atoms. The molecule has 1 N–H and O–H groups in total. The minimum Gasteiger partial charge on any atom is -0.497 e. The van der Waals surface area contributed by atoms with Crippen LogP contribution >= 0.6 is 0 Å². The van der Waals surface area contributed by atoms with Crippen LogP contribution in [-0.4, -0.2) is 43.0 Å². The number of methoxy groups -OCH3 is 1. The van der Waals surface area contributed by atoms with Gasteiger partial charge in [0.05, 0.1) is 19.3 Å². The molecule has 0 aliphatic heterocycles. The Kier molecular flexibility index (Phi) is 7.00. The van der Waals surface area contributed by atoms with Crippen LogP contribution in [0, 0.1) is 6.92 Å². The van der Waals surface area contributed by atoms with Crippen molar-refractivity contribution in [2.75, 3.05) is 26.9 Å². The second kappa shape index (κ2) is 10.1. The van der Waals surface area contributed by atoms with Gasteiger partial charge in [-0.15, -0.1) is 10.2 Å². The van der Waals surface area contributed by atoms with Gasteiger partial charge in [0.2, 0.25) is 5.88 Å². The van der Waals surface area contributed by atoms with Crippen molar-refractivity contribution in [1.82, 2.24) is 15.5 Å². The lowest BCUT2D eigenvalue weighted by atomic mass is 10.1. The molecule has 0 unspecified atom stereocenters. The van der Waals surface area contributed by atoms with Crippen molar-refractivity contribution in [2.45, 2.75) is 6.92 Å². The normalized spacial score (nSPS) is 10.3. The van der Waals surface area contributed by atoms with E-state index >= 15 is 0 Å². The third-order valence-electron chi connectivity index (χ3n) is 4.09. The Bertz CT molecular complexity index is 910. The van der Waals surface area contributed by atoms with Gasteiger partial charge >= 0.3 is 0 Å². The Morgan fingerprint density at radius 3 is 2.28 bits per heavy atom. The first-order valence-corrected chi connectivity index (χ1v) is 9.21. The first-order chi connectivity index (χ1) is 14.1. The van der Waals surface area contributed by atoms with Crippen molar-refractivity contribution in [2.24, 2.45) is 0 Å². The molecule has 0 saturated carbocycles. The van der Waals surface area contributed by atoms with Crippen LogP contribution in [0.2, 0.25) is 0 Å². The second-order valence-electron chi connectivity index (χ2n) is 6.29. The summed E-state index contributed by atoms with van der Waals surface area (Å²) in [6, 6.07) is 18.7. The third kappa shape index (κ3) is 6.21. The van der Waals surface area contributed by atoms with Gasteiger partial charge in [0, 0.05) is 11.6 Å². The lowest BCUT2D eigenvalue weighted by Crippen LogP contribution is -2.32. The van der Waals surface area contributed by atoms with Crippen molar-refractivity contribution in [1.29, 1.82) is 0 Å². The smallest absolute Gasteiger partial charge is 0.258 e. The average molecular weight is 393 g/mol. The van der Waals surface area contributed by atoms with Crippen LogP contribution < -0.4 is 19.5 Å². The molecule has 7 nitrogen and oxygen atoms in total. The zero-order valence-corrected chi connectivity index (χ0v) is 16.4. The molecule has 3 rings (SSSR count). The van der Waals surface area contributed by atoms with Gasteiger partial charge < -0.3 is 19.5 Å². The van der Waals surface area contributed by atoms with Crippen LogP contribution in [0.1, 0.15) is 5.56 Å². The fourth-order valence-electron chi connectivity index (χ4n) is 2.49. The molecular formula is C22H23N3O4. The summed E-state index contributed by atoms with van der Waals surface area (Å²) >= 11 is 0. The third-order valence-corrected chi connectivity index (χ3v) is 4.09. The quantitative estimate of drug-likeness (QED) is 0.563. The van der Waals surface area contributed by atoms with Crippen molar-refractivity contribution in [3.05, 3.63) is 66.2 Å². The molecule has 29 heavy (non-hydrogen) atoms. The molecule has 0 fully saturated rings. The maximum atomic E-state index is 11.8. The zero-order valence-electron chi connectivity index (χ0n) is 16.4. The van der Waals surface area contributed by atoms with Gasteiger partial charge in [0.15, 0.2) is 6.61 Å². The molecule has 0 aliphatic rings. The Labute approximate surface area is 169 Å². The van der Waals surface area contributed by atoms with Gasteiger partial charge in [-0.2, -0.15) is 0 Å². The summed E-state index contributed by atoms with van der Waals surface area (Å²) in [6.07, 6.45) is 0. The number of aromatic nitrogens is 2. The maximum absolute atomic E-state index is 11.8. The van der Waals surface area contributed by atoms with Crippen LogP contribution in [0.25, 0.3) is 11.3 Å². The van der Waals surface area contributed by atoms with E-state index in [1.165, 1.54) is 0 Å². The molecule has 0 atom stereocenters. The van der Waals surface area contributed by atoms with Crippen LogP contribution in [-0.2, 0) is 4.79 Å². The average Bonchev–Trinajstić information content (AvgIpc) is 2.77. The lowest BCUT2D eigenvalue weighted by molar-refractivity contribution is -0.123. The number of ether oxygens (including phenoxy) is 3. The Balaban J connectivity index is 1.37. The predicted octanol–water partition coefficient (Wildman–Crippen LogP) is 3.03. The zero-order chi connectivity index (χ0) is 20.5. The molecule has 0 aliphatic carbocycles. The van der Waals surface area contributed by atoms with E-state index in [1.807, 2.05) is 61.5 Å². The summed E-state index contributed by atoms with van der Waals surface area (Å²) in [5, 5.41) is 11.0. The molecule has 0 radical (unpaired) electrons. The highest BCUT2D eigenvalue weighted by atomic mass is 16.5. The minimum absolute atomic E-state index is 0.0422. The van der Waals surface area contributed by atoms with Crippen molar-refractivity contribution in [3.8, 4) is 28.6 Å². The molecule has 1 aromatic heterocycles. The molecular weight excluding hydrogens is 370 g/mol. The molecule has 0 bridgehead atoms. The lowest BCUT2D eigenvalue weighted by Gasteiger charge is -2.09. The number of carbonyl (C=O) groups excluding carboxylic acids is 1. The highest BCUT2D eigenvalue weighted by molar-refractivity contribution is 5.77. The first kappa shape index (κ1) is 20.1. The number of benzene rings is 2. The summed E-state index contributed by atoms with van der Waals surface area (Å²) in [5.74, 6) is 1.63. The van der Waals surface area contributed by atoms with Crippen molar-refractivity contribution < 1.29 is 19.0 Å². The van der Waals surface area contributed by atoms with E-state index < -0.39 is 0 Å². The topological polar surface area (TPSA) is 82.6 Å². The van der Waals surface area contributed by atoms with E-state index in [0.29, 0.717) is 18.2 Å². The molecule has 2 aromatic carbocycles. The van der Waals surface area contributed by atoms with E-state index in [-0.39, 0.29) is 19.1 Å². The van der Waals surface area contributed by atoms with Gasteiger partial charge in [0.1, 0.15) is 18.1 Å². The summed E-state index contributed by atoms with van der Waals surface area (Å²) in [7, 11) is 1.63. The SMILES string of the molecule is COc1ccc(-c2ccc(OCCNC(=O)COc3ccc(C)cc3)nn2)cc1. The van der Waals surface area contributed by atoms with E-state index in [9.17, 15) is 4.79 Å². The summed E-state index contributed by atoms with van der Waals surface area (Å²) in [6.45, 7) is 2.58. The van der Waals surface area contributed by atoms with Crippen LogP contribution in [0.4, 0.5) is 0 Å². The number of nitrogens with one attached hydrogen (secondary N) is 1. The predicted molar refractivity (Wildman–Crippen MR) is 109 cm³/mol. The van der Waals surface area contributed by atoms with Crippen LogP contribution in [0.5, 0.6) is 17.4 Å². The molecule has 0 saturated heterocycles. The van der Waals surface area contributed by atoms with Gasteiger partial charge in [-0.25, -0.2) is 0 Å². The second-order valence-corrected chi connectivity index (χ2v) is 6.29. The molecule has 7 heteroatoms. The number of nitrogens with zero attached hydrogens (tertiary/aromatic N) is 2. The number of hydrogen-bond donors (Lipinski definition) is 1.